The van der Waals surface area contributed by atoms with Crippen molar-refractivity contribution in [2.75, 3.05) is 13.1 Å². The van der Waals surface area contributed by atoms with Gasteiger partial charge in [-0.15, -0.1) is 0 Å². The van der Waals surface area contributed by atoms with E-state index >= 15 is 0 Å². The zero-order valence-electron chi connectivity index (χ0n) is 19.1. The molecule has 0 aromatic heterocycles. The van der Waals surface area contributed by atoms with Crippen LogP contribution in [0, 0.1) is 5.92 Å². The first-order chi connectivity index (χ1) is 15.6. The first-order valence-electron chi connectivity index (χ1n) is 12.1. The van der Waals surface area contributed by atoms with Gasteiger partial charge in [-0.05, 0) is 73.9 Å². The molecule has 0 spiro atoms. The van der Waals surface area contributed by atoms with Crippen LogP contribution in [-0.2, 0) is 17.6 Å². The molecule has 0 bridgehead atoms. The molecule has 2 N–H and O–H groups in total. The fourth-order valence-electron chi connectivity index (χ4n) is 5.88. The van der Waals surface area contributed by atoms with E-state index in [2.05, 4.69) is 34.6 Å². The fourth-order valence-corrected chi connectivity index (χ4v) is 5.88. The molecule has 0 saturated carbocycles. The van der Waals surface area contributed by atoms with Gasteiger partial charge in [-0.25, -0.2) is 0 Å². The molecule has 2 amide bonds. The van der Waals surface area contributed by atoms with Gasteiger partial charge in [0.15, 0.2) is 0 Å². The van der Waals surface area contributed by atoms with E-state index in [0.29, 0.717) is 0 Å². The lowest BCUT2D eigenvalue weighted by Gasteiger charge is -2.49. The average molecular weight is 432 g/mol. The van der Waals surface area contributed by atoms with Crippen molar-refractivity contribution in [1.82, 2.24) is 15.5 Å². The molecular formula is C27H33N3O2. The molecule has 2 fully saturated rings. The molecule has 0 radical (unpaired) electrons. The highest BCUT2D eigenvalue weighted by Gasteiger charge is 2.46. The second-order valence-electron chi connectivity index (χ2n) is 9.52. The number of rotatable bonds is 4. The smallest absolute Gasteiger partial charge is 0.252 e. The minimum Gasteiger partial charge on any atom is -0.346 e. The van der Waals surface area contributed by atoms with Crippen LogP contribution in [0.3, 0.4) is 0 Å². The Hall–Kier alpha value is -2.66. The summed E-state index contributed by atoms with van der Waals surface area (Å²) < 4.78 is 0. The van der Waals surface area contributed by atoms with Gasteiger partial charge in [0.25, 0.3) is 5.91 Å². The van der Waals surface area contributed by atoms with Gasteiger partial charge in [-0.1, -0.05) is 43.3 Å². The highest BCUT2D eigenvalue weighted by atomic mass is 16.2. The lowest BCUT2D eigenvalue weighted by Crippen LogP contribution is -2.58. The van der Waals surface area contributed by atoms with E-state index in [1.807, 2.05) is 37.3 Å². The van der Waals surface area contributed by atoms with Crippen LogP contribution in [0.1, 0.15) is 77.8 Å². The Morgan fingerprint density at radius 1 is 1.25 bits per heavy atom. The standard InChI is InChI=1S/C27H33N3O2/c1-3-18-14-20-11-13-30-24(16-23-21(27(30)32)10-7-12-28-23)25(20)22(15-18)26(31)29-17(2)19-8-5-4-6-9-19/h4-6,8-9,14-15,17,21,23-24,28H,3,7,10-13,16H2,1-2H3,(H,29,31)/t17-,21+,23+,24+/m1/s1. The number of nitrogens with zero attached hydrogens (tertiary/aromatic N) is 1. The second-order valence-corrected chi connectivity index (χ2v) is 9.52. The number of hydrogen-bond acceptors (Lipinski definition) is 3. The molecule has 2 saturated heterocycles. The van der Waals surface area contributed by atoms with E-state index in [1.54, 1.807) is 0 Å². The number of amides is 2. The van der Waals surface area contributed by atoms with Gasteiger partial charge in [0, 0.05) is 18.2 Å². The van der Waals surface area contributed by atoms with Crippen LogP contribution in [-0.4, -0.2) is 35.8 Å². The lowest BCUT2D eigenvalue weighted by molar-refractivity contribution is -0.145. The van der Waals surface area contributed by atoms with Gasteiger partial charge in [0.2, 0.25) is 5.91 Å². The number of fused-ring (bicyclic) bond motifs is 4. The van der Waals surface area contributed by atoms with Crippen molar-refractivity contribution >= 4 is 11.8 Å². The first kappa shape index (κ1) is 21.2. The minimum absolute atomic E-state index is 0.0169. The SMILES string of the molecule is CCc1cc2c(c(C(=O)N[C@H](C)c3ccccc3)c1)[C@@H]1C[C@@H]3NCCC[C@@H]3C(=O)N1CC2. The molecule has 5 heteroatoms. The van der Waals surface area contributed by atoms with E-state index in [9.17, 15) is 9.59 Å². The van der Waals surface area contributed by atoms with Crippen molar-refractivity contribution in [3.05, 3.63) is 70.3 Å². The third-order valence-electron chi connectivity index (χ3n) is 7.62. The Kier molecular flexibility index (Phi) is 5.76. The maximum atomic E-state index is 13.6. The summed E-state index contributed by atoms with van der Waals surface area (Å²) in [6, 6.07) is 14.5. The predicted molar refractivity (Wildman–Crippen MR) is 125 cm³/mol. The second kappa shape index (κ2) is 8.70. The van der Waals surface area contributed by atoms with Crippen LogP contribution in [0.4, 0.5) is 0 Å². The largest absolute Gasteiger partial charge is 0.346 e. The summed E-state index contributed by atoms with van der Waals surface area (Å²) in [4.78, 5) is 29.0. The molecule has 5 rings (SSSR count). The molecule has 5 nitrogen and oxygen atoms in total. The van der Waals surface area contributed by atoms with Crippen LogP contribution in [0.25, 0.3) is 0 Å². The fraction of sp³-hybridized carbons (Fsp3) is 0.481. The van der Waals surface area contributed by atoms with Crippen LogP contribution in [0.2, 0.25) is 0 Å². The molecule has 3 aliphatic rings. The summed E-state index contributed by atoms with van der Waals surface area (Å²) in [5.41, 5.74) is 5.34. The molecule has 2 aromatic rings. The van der Waals surface area contributed by atoms with Crippen molar-refractivity contribution < 1.29 is 9.59 Å². The summed E-state index contributed by atoms with van der Waals surface area (Å²) >= 11 is 0. The van der Waals surface area contributed by atoms with Crippen molar-refractivity contribution in [2.45, 2.75) is 64.1 Å². The van der Waals surface area contributed by atoms with Crippen molar-refractivity contribution in [2.24, 2.45) is 5.92 Å². The average Bonchev–Trinajstić information content (AvgIpc) is 2.83. The molecule has 0 unspecified atom stereocenters. The van der Waals surface area contributed by atoms with Gasteiger partial charge in [-0.3, -0.25) is 9.59 Å². The number of nitrogens with one attached hydrogen (secondary N) is 2. The van der Waals surface area contributed by atoms with E-state index in [4.69, 9.17) is 0 Å². The quantitative estimate of drug-likeness (QED) is 0.771. The number of carbonyl (C=O) groups is 2. The number of hydrogen-bond donors (Lipinski definition) is 2. The maximum Gasteiger partial charge on any atom is 0.252 e. The molecule has 0 aliphatic carbocycles. The van der Waals surface area contributed by atoms with Crippen molar-refractivity contribution in [1.29, 1.82) is 0 Å². The molecule has 4 atom stereocenters. The highest BCUT2D eigenvalue weighted by molar-refractivity contribution is 5.97. The third kappa shape index (κ3) is 3.73. The predicted octanol–water partition coefficient (Wildman–Crippen LogP) is 3.94. The van der Waals surface area contributed by atoms with Crippen molar-refractivity contribution in [3.63, 3.8) is 0 Å². The van der Waals surface area contributed by atoms with Gasteiger partial charge >= 0.3 is 0 Å². The van der Waals surface area contributed by atoms with Crippen molar-refractivity contribution in [3.8, 4) is 0 Å². The van der Waals surface area contributed by atoms with Gasteiger partial charge < -0.3 is 15.5 Å². The van der Waals surface area contributed by atoms with Crippen LogP contribution >= 0.6 is 0 Å². The summed E-state index contributed by atoms with van der Waals surface area (Å²) in [6.07, 6.45) is 4.64. The third-order valence-corrected chi connectivity index (χ3v) is 7.62. The maximum absolute atomic E-state index is 13.6. The molecule has 32 heavy (non-hydrogen) atoms. The number of piperidine rings is 2. The zero-order chi connectivity index (χ0) is 22.2. The summed E-state index contributed by atoms with van der Waals surface area (Å²) in [7, 11) is 0. The van der Waals surface area contributed by atoms with Crippen LogP contribution in [0.15, 0.2) is 42.5 Å². The monoisotopic (exact) mass is 431 g/mol. The van der Waals surface area contributed by atoms with Crippen LogP contribution < -0.4 is 10.6 Å². The lowest BCUT2D eigenvalue weighted by atomic mass is 9.75. The normalized spacial score (nSPS) is 25.4. The summed E-state index contributed by atoms with van der Waals surface area (Å²) in [6.45, 7) is 5.89. The first-order valence-corrected chi connectivity index (χ1v) is 12.1. The molecule has 168 valence electrons. The molecule has 3 heterocycles. The Balaban J connectivity index is 1.50. The zero-order valence-corrected chi connectivity index (χ0v) is 19.1. The molecule has 2 aromatic carbocycles. The van der Waals surface area contributed by atoms with Gasteiger partial charge in [0.1, 0.15) is 0 Å². The summed E-state index contributed by atoms with van der Waals surface area (Å²) in [5.74, 6) is 0.320. The highest BCUT2D eigenvalue weighted by Crippen LogP contribution is 2.43. The number of carbonyl (C=O) groups excluding carboxylic acids is 2. The number of aryl methyl sites for hydroxylation is 1. The van der Waals surface area contributed by atoms with Crippen LogP contribution in [0.5, 0.6) is 0 Å². The Morgan fingerprint density at radius 3 is 2.84 bits per heavy atom. The Bertz CT molecular complexity index is 1020. The molecule has 3 aliphatic heterocycles. The van der Waals surface area contributed by atoms with E-state index < -0.39 is 0 Å². The van der Waals surface area contributed by atoms with E-state index in [1.165, 1.54) is 11.1 Å². The Morgan fingerprint density at radius 2 is 2.06 bits per heavy atom. The molecular weight excluding hydrogens is 398 g/mol. The number of benzene rings is 2. The summed E-state index contributed by atoms with van der Waals surface area (Å²) in [5, 5.41) is 6.81. The van der Waals surface area contributed by atoms with Gasteiger partial charge in [0.05, 0.1) is 18.0 Å². The Labute approximate surface area is 190 Å². The van der Waals surface area contributed by atoms with E-state index in [0.717, 1.165) is 61.9 Å². The van der Waals surface area contributed by atoms with Gasteiger partial charge in [-0.2, -0.15) is 0 Å². The van der Waals surface area contributed by atoms with E-state index in [-0.39, 0.29) is 35.9 Å². The topological polar surface area (TPSA) is 61.4 Å². The minimum atomic E-state index is -0.0818.